The lowest BCUT2D eigenvalue weighted by molar-refractivity contribution is -0.122. The average Bonchev–Trinajstić information content (AvgIpc) is 3.25. The van der Waals surface area contributed by atoms with E-state index >= 15 is 0 Å². The van der Waals surface area contributed by atoms with Gasteiger partial charge in [0.15, 0.2) is 0 Å². The van der Waals surface area contributed by atoms with Crippen LogP contribution in [0.4, 0.5) is 0 Å². The number of aromatic nitrogens is 1. The van der Waals surface area contributed by atoms with Crippen LogP contribution in [0.2, 0.25) is 0 Å². The molecule has 2 atom stereocenters. The molecular weight excluding hydrogens is 398 g/mol. The minimum atomic E-state index is -0.190. The van der Waals surface area contributed by atoms with Crippen molar-refractivity contribution in [3.8, 4) is 0 Å². The summed E-state index contributed by atoms with van der Waals surface area (Å²) >= 11 is 0. The fourth-order valence-electron chi connectivity index (χ4n) is 4.90. The smallest absolute Gasteiger partial charge is 0.255 e. The molecule has 168 valence electrons. The number of unbranched alkanes of at least 4 members (excludes halogenated alkanes) is 2. The first kappa shape index (κ1) is 22.1. The van der Waals surface area contributed by atoms with E-state index in [1.807, 2.05) is 41.3 Å². The van der Waals surface area contributed by atoms with Crippen LogP contribution in [0.15, 0.2) is 48.5 Å². The number of nitrogens with zero attached hydrogens (tertiary/aromatic N) is 1. The molecule has 4 rings (SSSR count). The third-order valence-corrected chi connectivity index (χ3v) is 6.50. The van der Waals surface area contributed by atoms with Gasteiger partial charge in [-0.25, -0.2) is 0 Å². The Morgan fingerprint density at radius 3 is 2.69 bits per heavy atom. The Labute approximate surface area is 190 Å². The number of H-pyrrole nitrogens is 1. The fraction of sp³-hybridized carbons (Fsp3) is 0.407. The number of amides is 2. The molecular formula is C27H33N3O2. The topological polar surface area (TPSA) is 65.2 Å². The molecule has 0 bridgehead atoms. The minimum absolute atomic E-state index is 0.000856. The van der Waals surface area contributed by atoms with E-state index in [0.29, 0.717) is 13.0 Å². The summed E-state index contributed by atoms with van der Waals surface area (Å²) in [6.07, 6.45) is 4.78. The number of carbonyl (C=O) groups is 2. The van der Waals surface area contributed by atoms with Crippen molar-refractivity contribution in [3.63, 3.8) is 0 Å². The number of aromatic amines is 1. The molecule has 1 aromatic heterocycles. The summed E-state index contributed by atoms with van der Waals surface area (Å²) in [5, 5.41) is 4.23. The van der Waals surface area contributed by atoms with Gasteiger partial charge in [0.2, 0.25) is 5.91 Å². The van der Waals surface area contributed by atoms with Crippen molar-refractivity contribution in [3.05, 3.63) is 70.9 Å². The van der Waals surface area contributed by atoms with E-state index in [0.717, 1.165) is 46.1 Å². The van der Waals surface area contributed by atoms with E-state index < -0.39 is 0 Å². The van der Waals surface area contributed by atoms with Crippen LogP contribution in [0.25, 0.3) is 10.9 Å². The summed E-state index contributed by atoms with van der Waals surface area (Å²) in [6, 6.07) is 16.0. The second-order valence-corrected chi connectivity index (χ2v) is 8.91. The monoisotopic (exact) mass is 431 g/mol. The normalized spacial score (nSPS) is 16.4. The number of benzene rings is 2. The van der Waals surface area contributed by atoms with Crippen LogP contribution in [-0.2, 0) is 4.79 Å². The first-order valence-electron chi connectivity index (χ1n) is 11.8. The van der Waals surface area contributed by atoms with Crippen molar-refractivity contribution in [2.24, 2.45) is 0 Å². The van der Waals surface area contributed by atoms with E-state index in [1.165, 1.54) is 12.8 Å². The number of carbonyl (C=O) groups excluding carboxylic acids is 2. The highest BCUT2D eigenvalue weighted by Gasteiger charge is 2.39. The maximum absolute atomic E-state index is 13.3. The van der Waals surface area contributed by atoms with Crippen LogP contribution in [0, 0.1) is 6.92 Å². The van der Waals surface area contributed by atoms with Gasteiger partial charge >= 0.3 is 0 Å². The molecule has 1 aliphatic heterocycles. The maximum atomic E-state index is 13.3. The Morgan fingerprint density at radius 2 is 1.88 bits per heavy atom. The third-order valence-electron chi connectivity index (χ3n) is 6.50. The van der Waals surface area contributed by atoms with Crippen molar-refractivity contribution in [2.75, 3.05) is 6.54 Å². The van der Waals surface area contributed by atoms with Gasteiger partial charge in [0, 0.05) is 46.7 Å². The Morgan fingerprint density at radius 1 is 1.12 bits per heavy atom. The van der Waals surface area contributed by atoms with Crippen molar-refractivity contribution in [1.29, 1.82) is 0 Å². The summed E-state index contributed by atoms with van der Waals surface area (Å²) in [6.45, 7) is 6.69. The number of rotatable bonds is 9. The van der Waals surface area contributed by atoms with E-state index in [-0.39, 0.29) is 23.9 Å². The number of hydrogen-bond acceptors (Lipinski definition) is 2. The van der Waals surface area contributed by atoms with Crippen LogP contribution in [0.5, 0.6) is 0 Å². The first-order chi connectivity index (χ1) is 15.5. The van der Waals surface area contributed by atoms with E-state index in [1.54, 1.807) is 0 Å². The van der Waals surface area contributed by atoms with Gasteiger partial charge in [-0.05, 0) is 38.0 Å². The summed E-state index contributed by atoms with van der Waals surface area (Å²) in [7, 11) is 0. The second kappa shape index (κ2) is 9.60. The lowest BCUT2D eigenvalue weighted by atomic mass is 9.95. The maximum Gasteiger partial charge on any atom is 0.255 e. The molecule has 2 N–H and O–H groups in total. The number of aryl methyl sites for hydroxylation is 1. The summed E-state index contributed by atoms with van der Waals surface area (Å²) in [4.78, 5) is 31.3. The molecule has 32 heavy (non-hydrogen) atoms. The molecule has 2 heterocycles. The van der Waals surface area contributed by atoms with E-state index in [2.05, 4.69) is 43.2 Å². The van der Waals surface area contributed by atoms with Gasteiger partial charge in [-0.1, -0.05) is 62.6 Å². The number of fused-ring (bicyclic) bond motifs is 2. The van der Waals surface area contributed by atoms with Crippen LogP contribution in [0.1, 0.15) is 79.2 Å². The van der Waals surface area contributed by atoms with Gasteiger partial charge in [0.05, 0.1) is 6.04 Å². The zero-order valence-electron chi connectivity index (χ0n) is 19.3. The molecule has 2 amide bonds. The molecule has 0 fully saturated rings. The van der Waals surface area contributed by atoms with Gasteiger partial charge in [0.1, 0.15) is 0 Å². The lowest BCUT2D eigenvalue weighted by Crippen LogP contribution is -2.37. The van der Waals surface area contributed by atoms with Crippen LogP contribution in [0.3, 0.4) is 0 Å². The van der Waals surface area contributed by atoms with Gasteiger partial charge in [-0.2, -0.15) is 0 Å². The number of hydrogen-bond donors (Lipinski definition) is 2. The number of para-hydroxylation sites is 1. The summed E-state index contributed by atoms with van der Waals surface area (Å²) in [5.74, 6) is 0.00577. The number of nitrogens with one attached hydrogen (secondary N) is 2. The third kappa shape index (κ3) is 4.29. The van der Waals surface area contributed by atoms with Gasteiger partial charge in [-0.15, -0.1) is 0 Å². The summed E-state index contributed by atoms with van der Waals surface area (Å²) in [5.41, 5.74) is 4.98. The molecule has 0 unspecified atom stereocenters. The lowest BCUT2D eigenvalue weighted by Gasteiger charge is -2.26. The molecule has 1 aliphatic rings. The Kier molecular flexibility index (Phi) is 6.63. The quantitative estimate of drug-likeness (QED) is 0.440. The standard InChI is InChI=1S/C27H33N3O2/c1-4-5-6-11-18(2)28-24(31)16-17-30-26(20-12-7-8-13-21(20)27(30)32)25-19(3)29-23-15-10-9-14-22(23)25/h7-10,12-15,18,26,29H,4-6,11,16-17H2,1-3H3,(H,28,31)/t18-,26-/m0/s1. The largest absolute Gasteiger partial charge is 0.358 e. The molecule has 5 heteroatoms. The molecule has 0 saturated carbocycles. The van der Waals surface area contributed by atoms with Crippen molar-refractivity contribution >= 4 is 22.7 Å². The molecule has 3 aromatic rings. The predicted molar refractivity (Wildman–Crippen MR) is 129 cm³/mol. The van der Waals surface area contributed by atoms with Gasteiger partial charge < -0.3 is 15.2 Å². The average molecular weight is 432 g/mol. The molecule has 0 aliphatic carbocycles. The molecule has 0 spiro atoms. The van der Waals surface area contributed by atoms with E-state index in [9.17, 15) is 9.59 Å². The summed E-state index contributed by atoms with van der Waals surface area (Å²) < 4.78 is 0. The fourth-order valence-corrected chi connectivity index (χ4v) is 4.90. The highest BCUT2D eigenvalue weighted by molar-refractivity contribution is 6.01. The van der Waals surface area contributed by atoms with Gasteiger partial charge in [0.25, 0.3) is 5.91 Å². The van der Waals surface area contributed by atoms with Crippen LogP contribution < -0.4 is 5.32 Å². The molecule has 5 nitrogen and oxygen atoms in total. The Bertz CT molecular complexity index is 1120. The Hall–Kier alpha value is -3.08. The Balaban J connectivity index is 1.56. The predicted octanol–water partition coefficient (Wildman–Crippen LogP) is 5.50. The van der Waals surface area contributed by atoms with Crippen molar-refractivity contribution in [2.45, 2.75) is 65.0 Å². The van der Waals surface area contributed by atoms with Crippen LogP contribution in [-0.4, -0.2) is 34.3 Å². The second-order valence-electron chi connectivity index (χ2n) is 8.91. The highest BCUT2D eigenvalue weighted by Crippen LogP contribution is 2.42. The van der Waals surface area contributed by atoms with E-state index in [4.69, 9.17) is 0 Å². The van der Waals surface area contributed by atoms with Gasteiger partial charge in [-0.3, -0.25) is 9.59 Å². The van der Waals surface area contributed by atoms with Crippen LogP contribution >= 0.6 is 0 Å². The molecule has 0 radical (unpaired) electrons. The van der Waals surface area contributed by atoms with Crippen molar-refractivity contribution < 1.29 is 9.59 Å². The zero-order chi connectivity index (χ0) is 22.7. The zero-order valence-corrected chi connectivity index (χ0v) is 19.3. The highest BCUT2D eigenvalue weighted by atomic mass is 16.2. The minimum Gasteiger partial charge on any atom is -0.358 e. The SMILES string of the molecule is CCCCC[C@H](C)NC(=O)CCN1C(=O)c2ccccc2[C@H]1c1c(C)[nH]c2ccccc12. The molecule has 2 aromatic carbocycles. The molecule has 0 saturated heterocycles. The first-order valence-corrected chi connectivity index (χ1v) is 11.8. The van der Waals surface area contributed by atoms with Crippen molar-refractivity contribution in [1.82, 2.24) is 15.2 Å².